The first-order valence-corrected chi connectivity index (χ1v) is 10.7. The van der Waals surface area contributed by atoms with Gasteiger partial charge in [-0.3, -0.25) is 4.79 Å². The van der Waals surface area contributed by atoms with Gasteiger partial charge in [0, 0.05) is 42.0 Å². The lowest BCUT2D eigenvalue weighted by atomic mass is 9.90. The Morgan fingerprint density at radius 3 is 2.91 bits per heavy atom. The van der Waals surface area contributed by atoms with Crippen LogP contribution in [-0.2, 0) is 11.3 Å². The number of nitrogens with zero attached hydrogens (tertiary/aromatic N) is 2. The molecule has 9 nitrogen and oxygen atoms in total. The standard InChI is InChI=1S/C25H20N4O5/c1-32-25(31)19-12-29(11-18-23(19)27-28-24(18)30)10-17(14-6-7-21-22(8-14)34-13-33-21)16-9-26-20-5-3-2-4-15(16)20/h2-9,11-12,17,26H,10,13H2,1H3,(H,28,30). The van der Waals surface area contributed by atoms with Gasteiger partial charge in [0.05, 0.1) is 12.7 Å². The first kappa shape index (κ1) is 20.1. The minimum Gasteiger partial charge on any atom is -0.465 e. The summed E-state index contributed by atoms with van der Waals surface area (Å²) in [6.45, 7) is 0.642. The topological polar surface area (TPSA) is 111 Å². The van der Waals surface area contributed by atoms with E-state index in [2.05, 4.69) is 21.2 Å². The van der Waals surface area contributed by atoms with Crippen LogP contribution in [0.15, 0.2) is 65.8 Å². The van der Waals surface area contributed by atoms with E-state index >= 15 is 0 Å². The maximum atomic E-state index is 12.4. The van der Waals surface area contributed by atoms with Crippen molar-refractivity contribution in [3.63, 3.8) is 0 Å². The maximum absolute atomic E-state index is 12.4. The average molecular weight is 456 g/mol. The third-order valence-electron chi connectivity index (χ3n) is 6.21. The van der Waals surface area contributed by atoms with Gasteiger partial charge < -0.3 is 23.8 Å². The van der Waals surface area contributed by atoms with Crippen molar-refractivity contribution in [2.45, 2.75) is 12.5 Å². The number of pyridine rings is 1. The number of esters is 1. The number of carbonyl (C=O) groups is 1. The molecule has 0 fully saturated rings. The molecule has 0 amide bonds. The van der Waals surface area contributed by atoms with Crippen LogP contribution in [0.5, 0.6) is 11.5 Å². The minimum absolute atomic E-state index is 0.124. The Morgan fingerprint density at radius 1 is 1.18 bits per heavy atom. The van der Waals surface area contributed by atoms with Gasteiger partial charge in [0.25, 0.3) is 5.56 Å². The van der Waals surface area contributed by atoms with E-state index in [-0.39, 0.29) is 23.8 Å². The quantitative estimate of drug-likeness (QED) is 0.392. The Labute approximate surface area is 193 Å². The number of para-hydroxylation sites is 1. The Balaban J connectivity index is 1.51. The molecule has 0 spiro atoms. The molecule has 4 heterocycles. The van der Waals surface area contributed by atoms with Gasteiger partial charge in [0.15, 0.2) is 11.5 Å². The Hall–Kier alpha value is -4.53. The lowest BCUT2D eigenvalue weighted by Crippen LogP contribution is -2.16. The third kappa shape index (κ3) is 3.21. The predicted molar refractivity (Wildman–Crippen MR) is 124 cm³/mol. The fourth-order valence-corrected chi connectivity index (χ4v) is 4.56. The van der Waals surface area contributed by atoms with Gasteiger partial charge in [-0.25, -0.2) is 9.89 Å². The van der Waals surface area contributed by atoms with Crippen LogP contribution in [0.25, 0.3) is 22.2 Å². The van der Waals surface area contributed by atoms with E-state index in [4.69, 9.17) is 14.2 Å². The molecule has 0 aliphatic carbocycles. The van der Waals surface area contributed by atoms with Crippen molar-refractivity contribution < 1.29 is 19.0 Å². The summed E-state index contributed by atoms with van der Waals surface area (Å²) < 4.78 is 17.9. The minimum atomic E-state index is -0.558. The van der Waals surface area contributed by atoms with Crippen LogP contribution in [0.3, 0.4) is 0 Å². The van der Waals surface area contributed by atoms with Gasteiger partial charge in [0.1, 0.15) is 11.3 Å². The summed E-state index contributed by atoms with van der Waals surface area (Å²) in [6.07, 6.45) is 5.38. The lowest BCUT2D eigenvalue weighted by molar-refractivity contribution is 0.0600. The second kappa shape index (κ2) is 7.80. The van der Waals surface area contributed by atoms with E-state index in [1.165, 1.54) is 7.11 Å². The maximum Gasteiger partial charge on any atom is 0.341 e. The largest absolute Gasteiger partial charge is 0.465 e. The summed E-state index contributed by atoms with van der Waals surface area (Å²) in [6, 6.07) is 14.0. The zero-order valence-corrected chi connectivity index (χ0v) is 18.2. The number of H-pyrrole nitrogens is 2. The molecule has 6 rings (SSSR count). The van der Waals surface area contributed by atoms with Crippen LogP contribution >= 0.6 is 0 Å². The van der Waals surface area contributed by atoms with Crippen molar-refractivity contribution >= 4 is 16.9 Å². The fraction of sp³-hybridized carbons (Fsp3) is 0.160. The van der Waals surface area contributed by atoms with Crippen molar-refractivity contribution in [2.75, 3.05) is 13.9 Å². The molecular formula is C25H20N4O5. The predicted octanol–water partition coefficient (Wildman–Crippen LogP) is 3.50. The second-order valence-electron chi connectivity index (χ2n) is 8.13. The van der Waals surface area contributed by atoms with Crippen molar-refractivity contribution in [1.82, 2.24) is 19.7 Å². The smallest absolute Gasteiger partial charge is 0.341 e. The molecule has 2 aromatic carbocycles. The Morgan fingerprint density at radius 2 is 2.03 bits per heavy atom. The number of rotatable bonds is 5. The fourth-order valence-electron chi connectivity index (χ4n) is 4.56. The Bertz CT molecular complexity index is 1560. The van der Waals surface area contributed by atoms with E-state index in [1.807, 2.05) is 47.2 Å². The first-order valence-electron chi connectivity index (χ1n) is 10.7. The molecule has 3 aliphatic rings. The highest BCUT2D eigenvalue weighted by molar-refractivity contribution is 5.96. The van der Waals surface area contributed by atoms with E-state index in [0.29, 0.717) is 29.3 Å². The number of carbonyl (C=O) groups excluding carboxylic acids is 1. The van der Waals surface area contributed by atoms with Gasteiger partial charge in [0.2, 0.25) is 6.79 Å². The summed E-state index contributed by atoms with van der Waals surface area (Å²) in [4.78, 5) is 28.2. The molecule has 1 unspecified atom stereocenters. The number of fused-ring (bicyclic) bond motifs is 3. The number of nitrogens with one attached hydrogen (secondary N) is 2. The molecule has 0 bridgehead atoms. The van der Waals surface area contributed by atoms with Crippen molar-refractivity contribution in [2.24, 2.45) is 0 Å². The van der Waals surface area contributed by atoms with Crippen LogP contribution in [0.2, 0.25) is 0 Å². The molecule has 170 valence electrons. The number of methoxy groups -OCH3 is 1. The molecule has 1 atom stereocenters. The van der Waals surface area contributed by atoms with Crippen LogP contribution in [-0.4, -0.2) is 39.6 Å². The zero-order valence-electron chi connectivity index (χ0n) is 18.2. The van der Waals surface area contributed by atoms with Gasteiger partial charge >= 0.3 is 5.97 Å². The summed E-state index contributed by atoms with van der Waals surface area (Å²) in [7, 11) is 1.30. The molecule has 2 N–H and O–H groups in total. The Kier molecular flexibility index (Phi) is 4.61. The first-order chi connectivity index (χ1) is 16.6. The zero-order chi connectivity index (χ0) is 23.2. The van der Waals surface area contributed by atoms with E-state index in [9.17, 15) is 9.59 Å². The number of aromatic nitrogens is 4. The number of benzene rings is 2. The summed E-state index contributed by atoms with van der Waals surface area (Å²) in [5.74, 6) is 0.714. The van der Waals surface area contributed by atoms with Gasteiger partial charge in [-0.05, 0) is 29.3 Å². The van der Waals surface area contributed by atoms with E-state index in [1.54, 1.807) is 12.4 Å². The highest BCUT2D eigenvalue weighted by Crippen LogP contribution is 2.39. The van der Waals surface area contributed by atoms with Gasteiger partial charge in [-0.1, -0.05) is 24.3 Å². The van der Waals surface area contributed by atoms with Crippen LogP contribution < -0.4 is 15.0 Å². The highest BCUT2D eigenvalue weighted by Gasteiger charge is 2.25. The number of ether oxygens (including phenoxy) is 3. The van der Waals surface area contributed by atoms with Gasteiger partial charge in [-0.2, -0.15) is 5.10 Å². The van der Waals surface area contributed by atoms with Crippen LogP contribution in [0.1, 0.15) is 27.4 Å². The van der Waals surface area contributed by atoms with Crippen molar-refractivity contribution in [3.05, 3.63) is 88.1 Å². The number of aromatic amines is 2. The lowest BCUT2D eigenvalue weighted by Gasteiger charge is -2.21. The van der Waals surface area contributed by atoms with Crippen LogP contribution in [0.4, 0.5) is 0 Å². The average Bonchev–Trinajstić information content (AvgIpc) is 3.60. The molecule has 0 saturated carbocycles. The molecule has 34 heavy (non-hydrogen) atoms. The number of hydrogen-bond acceptors (Lipinski definition) is 6. The van der Waals surface area contributed by atoms with Crippen LogP contribution in [0, 0.1) is 0 Å². The second-order valence-corrected chi connectivity index (χ2v) is 8.13. The van der Waals surface area contributed by atoms with E-state index < -0.39 is 5.97 Å². The third-order valence-corrected chi connectivity index (χ3v) is 6.21. The normalized spacial score (nSPS) is 13.4. The molecule has 3 aromatic rings. The van der Waals surface area contributed by atoms with Gasteiger partial charge in [-0.15, -0.1) is 0 Å². The molecule has 1 aromatic heterocycles. The molecule has 9 heteroatoms. The SMILES string of the molecule is COC(=O)c1cn(CC(c2ccc3c(c2)OCO3)c2c[nH]c3ccccc23)cc2c(=O)[nH]nc1-2. The molecular weight excluding hydrogens is 436 g/mol. The van der Waals surface area contributed by atoms with E-state index in [0.717, 1.165) is 22.0 Å². The van der Waals surface area contributed by atoms with Crippen molar-refractivity contribution in [3.8, 4) is 22.8 Å². The summed E-state index contributed by atoms with van der Waals surface area (Å²) >= 11 is 0. The molecule has 0 radical (unpaired) electrons. The molecule has 0 saturated heterocycles. The summed E-state index contributed by atoms with van der Waals surface area (Å²) in [5, 5.41) is 7.53. The number of hydrogen-bond donors (Lipinski definition) is 2. The van der Waals surface area contributed by atoms with Crippen molar-refractivity contribution in [1.29, 1.82) is 0 Å². The summed E-state index contributed by atoms with van der Waals surface area (Å²) in [5.41, 5.74) is 3.59. The molecule has 3 aliphatic heterocycles. The monoisotopic (exact) mass is 456 g/mol. The highest BCUT2D eigenvalue weighted by atomic mass is 16.7.